The number of nitrogens with zero attached hydrogens (tertiary/aromatic N) is 5. The van der Waals surface area contributed by atoms with E-state index in [2.05, 4.69) is 26.2 Å². The second-order valence-electron chi connectivity index (χ2n) is 12.1. The summed E-state index contributed by atoms with van der Waals surface area (Å²) in [5.41, 5.74) is 2.53. The minimum absolute atomic E-state index is 0.0137. The Morgan fingerprint density at radius 2 is 1.76 bits per heavy atom. The Hall–Kier alpha value is -5.10. The lowest BCUT2D eigenvalue weighted by Gasteiger charge is -2.28. The third kappa shape index (κ3) is 6.05. The van der Waals surface area contributed by atoms with Crippen LogP contribution in [0.25, 0.3) is 0 Å². The Morgan fingerprint density at radius 1 is 0.959 bits per heavy atom. The van der Waals surface area contributed by atoms with Crippen molar-refractivity contribution in [2.45, 2.75) is 38.5 Å². The number of anilines is 3. The Morgan fingerprint density at radius 3 is 2.59 bits per heavy atom. The molecule has 49 heavy (non-hydrogen) atoms. The number of aryl methyl sites for hydroxylation is 1. The highest BCUT2D eigenvalue weighted by molar-refractivity contribution is 9.10. The largest absolute Gasteiger partial charge is 0.454 e. The zero-order valence-corrected chi connectivity index (χ0v) is 28.3. The van der Waals surface area contributed by atoms with Gasteiger partial charge in [0.25, 0.3) is 11.8 Å². The normalized spacial score (nSPS) is 17.5. The summed E-state index contributed by atoms with van der Waals surface area (Å²) in [5, 5.41) is 29.4. The van der Waals surface area contributed by atoms with Gasteiger partial charge in [-0.15, -0.1) is 5.10 Å². The number of carbonyl (C=O) groups is 2. The second-order valence-corrected chi connectivity index (χ2v) is 13.1. The van der Waals surface area contributed by atoms with E-state index in [9.17, 15) is 14.7 Å². The van der Waals surface area contributed by atoms with E-state index < -0.39 is 17.4 Å². The first-order valence-corrected chi connectivity index (χ1v) is 16.9. The lowest BCUT2D eigenvalue weighted by molar-refractivity contribution is -0.139. The van der Waals surface area contributed by atoms with Crippen molar-refractivity contribution in [3.05, 3.63) is 136 Å². The van der Waals surface area contributed by atoms with Gasteiger partial charge in [-0.1, -0.05) is 76.6 Å². The van der Waals surface area contributed by atoms with Crippen LogP contribution in [0.4, 0.5) is 17.1 Å². The summed E-state index contributed by atoms with van der Waals surface area (Å²) in [6, 6.07) is 27.6. The molecule has 0 bridgehead atoms. The Bertz CT molecular complexity index is 2080. The molecule has 2 aliphatic rings. The van der Waals surface area contributed by atoms with Crippen LogP contribution >= 0.6 is 15.9 Å². The van der Waals surface area contributed by atoms with Crippen LogP contribution in [0, 0.1) is 5.92 Å². The van der Waals surface area contributed by atoms with Crippen molar-refractivity contribution >= 4 is 44.8 Å². The minimum atomic E-state index is -1.80. The monoisotopic (exact) mass is 719 g/mol. The molecule has 10 nitrogen and oxygen atoms in total. The standard InChI is InChI=1S/C38H34BrN5O5/c1-25(9-6-7-19-42-24-28(18-20-45)40-41-42)38(48)31-22-27(39)16-17-32(31)43(37(38)47)23-26-10-8-11-29(21-26)44-33-13-3-5-15-35(33)49-34-14-4-2-12-30(34)36(44)46/h2-6,8-17,21-22,24-25,45,48H,7,18-20,23H2,1H3/b9-6+/t25-,38+/m0/s1. The molecule has 4 aromatic carbocycles. The molecule has 0 spiro atoms. The number of hydrogen-bond acceptors (Lipinski definition) is 7. The zero-order valence-electron chi connectivity index (χ0n) is 26.7. The van der Waals surface area contributed by atoms with E-state index in [1.54, 1.807) is 38.9 Å². The third-order valence-electron chi connectivity index (χ3n) is 8.95. The smallest absolute Gasteiger partial charge is 0.266 e. The third-order valence-corrected chi connectivity index (χ3v) is 9.44. The van der Waals surface area contributed by atoms with Gasteiger partial charge in [-0.05, 0) is 66.6 Å². The quantitative estimate of drug-likeness (QED) is 0.155. The first-order chi connectivity index (χ1) is 23.8. The van der Waals surface area contributed by atoms with Crippen LogP contribution in [0.1, 0.15) is 40.5 Å². The van der Waals surface area contributed by atoms with Gasteiger partial charge in [0.2, 0.25) is 0 Å². The predicted octanol–water partition coefficient (Wildman–Crippen LogP) is 6.68. The van der Waals surface area contributed by atoms with Crippen molar-refractivity contribution in [1.82, 2.24) is 15.0 Å². The molecule has 11 heteroatoms. The van der Waals surface area contributed by atoms with E-state index in [1.165, 1.54) is 0 Å². The number of rotatable bonds is 10. The van der Waals surface area contributed by atoms with Crippen molar-refractivity contribution in [3.8, 4) is 11.5 Å². The van der Waals surface area contributed by atoms with Gasteiger partial charge in [-0.2, -0.15) is 0 Å². The van der Waals surface area contributed by atoms with Crippen LogP contribution < -0.4 is 14.5 Å². The van der Waals surface area contributed by atoms with Crippen molar-refractivity contribution in [2.24, 2.45) is 5.92 Å². The summed E-state index contributed by atoms with van der Waals surface area (Å²) in [6.45, 7) is 2.60. The summed E-state index contributed by atoms with van der Waals surface area (Å²) >= 11 is 3.53. The zero-order chi connectivity index (χ0) is 34.1. The number of carbonyl (C=O) groups excluding carboxylic acids is 2. The van der Waals surface area contributed by atoms with E-state index in [-0.39, 0.29) is 19.1 Å². The average Bonchev–Trinajstić information content (AvgIpc) is 3.60. The number of hydrogen-bond donors (Lipinski definition) is 2. The van der Waals surface area contributed by atoms with Crippen molar-refractivity contribution in [1.29, 1.82) is 0 Å². The molecule has 0 aliphatic carbocycles. The van der Waals surface area contributed by atoms with E-state index >= 15 is 0 Å². The molecular weight excluding hydrogens is 686 g/mol. The summed E-state index contributed by atoms with van der Waals surface area (Å²) in [4.78, 5) is 31.5. The minimum Gasteiger partial charge on any atom is -0.454 e. The van der Waals surface area contributed by atoms with Crippen LogP contribution in [0.5, 0.6) is 11.5 Å². The van der Waals surface area contributed by atoms with Gasteiger partial charge in [-0.25, -0.2) is 0 Å². The summed E-state index contributed by atoms with van der Waals surface area (Å²) in [7, 11) is 0. The summed E-state index contributed by atoms with van der Waals surface area (Å²) < 4.78 is 8.63. The number of amides is 2. The first-order valence-electron chi connectivity index (χ1n) is 16.1. The number of fused-ring (bicyclic) bond motifs is 3. The molecule has 0 saturated heterocycles. The number of aliphatic hydroxyl groups is 2. The maximum atomic E-state index is 14.2. The summed E-state index contributed by atoms with van der Waals surface area (Å²) in [6.07, 6.45) is 6.67. The fourth-order valence-electron chi connectivity index (χ4n) is 6.44. The number of aliphatic hydroxyl groups excluding tert-OH is 1. The molecular formula is C38H34BrN5O5. The molecule has 248 valence electrons. The van der Waals surface area contributed by atoms with Crippen LogP contribution in [0.15, 0.2) is 114 Å². The van der Waals surface area contributed by atoms with E-state index in [0.29, 0.717) is 59.1 Å². The van der Waals surface area contributed by atoms with Gasteiger partial charge in [0.15, 0.2) is 11.4 Å². The van der Waals surface area contributed by atoms with Gasteiger partial charge in [0, 0.05) is 47.4 Å². The number of halogens is 1. The molecule has 0 fully saturated rings. The molecule has 2 amide bonds. The van der Waals surface area contributed by atoms with Crippen molar-refractivity contribution in [2.75, 3.05) is 16.4 Å². The fraction of sp³-hybridized carbons (Fsp3) is 0.211. The predicted molar refractivity (Wildman–Crippen MR) is 189 cm³/mol. The van der Waals surface area contributed by atoms with Crippen LogP contribution in [-0.4, -0.2) is 43.6 Å². The van der Waals surface area contributed by atoms with E-state index in [4.69, 9.17) is 9.84 Å². The molecule has 3 heterocycles. The van der Waals surface area contributed by atoms with Crippen molar-refractivity contribution in [3.63, 3.8) is 0 Å². The lowest BCUT2D eigenvalue weighted by atomic mass is 9.83. The molecule has 0 saturated carbocycles. The molecule has 2 N–H and O–H groups in total. The lowest BCUT2D eigenvalue weighted by Crippen LogP contribution is -2.44. The maximum absolute atomic E-state index is 14.2. The molecule has 2 aliphatic heterocycles. The molecule has 7 rings (SSSR count). The molecule has 0 radical (unpaired) electrons. The van der Waals surface area contributed by atoms with Gasteiger partial charge < -0.3 is 19.8 Å². The molecule has 5 aromatic rings. The number of benzene rings is 4. The summed E-state index contributed by atoms with van der Waals surface area (Å²) in [5.74, 6) is -0.158. The van der Waals surface area contributed by atoms with Crippen LogP contribution in [0.2, 0.25) is 0 Å². The number of ether oxygens (including phenoxy) is 1. The number of para-hydroxylation sites is 3. The highest BCUT2D eigenvalue weighted by Gasteiger charge is 2.52. The number of allylic oxidation sites excluding steroid dienone is 1. The van der Waals surface area contributed by atoms with Gasteiger partial charge in [0.1, 0.15) is 5.75 Å². The second kappa shape index (κ2) is 13.4. The average molecular weight is 721 g/mol. The SMILES string of the molecule is C[C@@H](/C=C/CCn1cc(CCO)nn1)[C@]1(O)C(=O)N(Cc2cccc(N3C(=O)c4ccccc4Oc4ccccc43)c2)c2ccc(Br)cc21. The van der Waals surface area contributed by atoms with Gasteiger partial charge in [-0.3, -0.25) is 19.2 Å². The van der Waals surface area contributed by atoms with Crippen molar-refractivity contribution < 1.29 is 24.5 Å². The molecule has 1 aromatic heterocycles. The van der Waals surface area contributed by atoms with Gasteiger partial charge in [0.05, 0.1) is 29.2 Å². The van der Waals surface area contributed by atoms with Gasteiger partial charge >= 0.3 is 0 Å². The highest BCUT2D eigenvalue weighted by atomic mass is 79.9. The Labute approximate surface area is 292 Å². The van der Waals surface area contributed by atoms with E-state index in [1.807, 2.05) is 91.9 Å². The Balaban J connectivity index is 1.16. The topological polar surface area (TPSA) is 121 Å². The number of aromatic nitrogens is 3. The van der Waals surface area contributed by atoms with E-state index in [0.717, 1.165) is 15.7 Å². The fourth-order valence-corrected chi connectivity index (χ4v) is 6.80. The molecule has 0 unspecified atom stereocenters. The highest BCUT2D eigenvalue weighted by Crippen LogP contribution is 2.47. The van der Waals surface area contributed by atoms with Crippen LogP contribution in [-0.2, 0) is 29.9 Å². The van der Waals surface area contributed by atoms with Crippen LogP contribution in [0.3, 0.4) is 0 Å². The molecule has 2 atom stereocenters. The maximum Gasteiger partial charge on any atom is 0.266 e. The first kappa shape index (κ1) is 32.4. The Kier molecular flexibility index (Phi) is 8.89.